The van der Waals surface area contributed by atoms with Crippen molar-refractivity contribution >= 4 is 27.5 Å². The van der Waals surface area contributed by atoms with E-state index in [1.54, 1.807) is 0 Å². The molecule has 0 spiro atoms. The number of aliphatic hydroxyl groups excluding tert-OH is 1. The summed E-state index contributed by atoms with van der Waals surface area (Å²) in [6, 6.07) is 5.97. The van der Waals surface area contributed by atoms with Crippen LogP contribution in [0, 0.1) is 0 Å². The molecule has 13 heavy (non-hydrogen) atoms. The molecule has 0 fully saturated rings. The summed E-state index contributed by atoms with van der Waals surface area (Å²) >= 11 is 8.97. The van der Waals surface area contributed by atoms with Gasteiger partial charge in [-0.3, -0.25) is 0 Å². The van der Waals surface area contributed by atoms with Gasteiger partial charge in [-0.15, -0.1) is 11.6 Å². The zero-order valence-corrected chi connectivity index (χ0v) is 9.61. The highest BCUT2D eigenvalue weighted by molar-refractivity contribution is 9.10. The molecule has 1 N–H and O–H groups in total. The number of hydrogen-bond donors (Lipinski definition) is 1. The zero-order chi connectivity index (χ0) is 9.68. The Balaban J connectivity index is 2.79. The maximum Gasteiger partial charge on any atom is 0.0684 e. The second-order valence-electron chi connectivity index (χ2n) is 2.86. The van der Waals surface area contributed by atoms with Gasteiger partial charge in [-0.05, 0) is 36.1 Å². The van der Waals surface area contributed by atoms with Crippen LogP contribution in [0.1, 0.15) is 17.5 Å². The van der Waals surface area contributed by atoms with E-state index >= 15 is 0 Å². The summed E-state index contributed by atoms with van der Waals surface area (Å²) in [5.41, 5.74) is 2.17. The number of hydrogen-bond acceptors (Lipinski definition) is 1. The fraction of sp³-hybridized carbons (Fsp3) is 0.400. The van der Waals surface area contributed by atoms with E-state index in [0.717, 1.165) is 22.9 Å². The van der Waals surface area contributed by atoms with Crippen molar-refractivity contribution in [2.45, 2.75) is 19.4 Å². The number of halogens is 2. The van der Waals surface area contributed by atoms with Crippen LogP contribution in [0.4, 0.5) is 0 Å². The van der Waals surface area contributed by atoms with E-state index in [9.17, 15) is 0 Å². The van der Waals surface area contributed by atoms with E-state index in [-0.39, 0.29) is 6.61 Å². The van der Waals surface area contributed by atoms with Crippen molar-refractivity contribution < 1.29 is 5.11 Å². The van der Waals surface area contributed by atoms with Crippen molar-refractivity contribution in [2.75, 3.05) is 5.88 Å². The minimum absolute atomic E-state index is 0.0943. The van der Waals surface area contributed by atoms with Crippen LogP contribution in [-0.4, -0.2) is 11.0 Å². The molecule has 1 aromatic carbocycles. The molecule has 0 unspecified atom stereocenters. The largest absolute Gasteiger partial charge is 0.392 e. The van der Waals surface area contributed by atoms with Gasteiger partial charge in [0.15, 0.2) is 0 Å². The molecule has 0 aliphatic carbocycles. The van der Waals surface area contributed by atoms with Crippen LogP contribution in [-0.2, 0) is 13.0 Å². The lowest BCUT2D eigenvalue weighted by atomic mass is 10.0. The number of rotatable bonds is 4. The molecule has 0 saturated heterocycles. The molecule has 0 aliphatic heterocycles. The SMILES string of the molecule is OCc1cc(Br)ccc1CCCCl. The van der Waals surface area contributed by atoms with E-state index in [4.69, 9.17) is 16.7 Å². The van der Waals surface area contributed by atoms with Crippen LogP contribution >= 0.6 is 27.5 Å². The number of benzene rings is 1. The van der Waals surface area contributed by atoms with Gasteiger partial charge in [0.2, 0.25) is 0 Å². The second kappa shape index (κ2) is 5.63. The van der Waals surface area contributed by atoms with E-state index in [1.165, 1.54) is 5.56 Å². The molecule has 0 amide bonds. The minimum Gasteiger partial charge on any atom is -0.392 e. The third kappa shape index (κ3) is 3.29. The van der Waals surface area contributed by atoms with Gasteiger partial charge < -0.3 is 5.11 Å². The number of aliphatic hydroxyl groups is 1. The number of alkyl halides is 1. The lowest BCUT2D eigenvalue weighted by Crippen LogP contribution is -1.94. The molecule has 0 bridgehead atoms. The molecule has 0 aromatic heterocycles. The van der Waals surface area contributed by atoms with Crippen LogP contribution in [0.25, 0.3) is 0 Å². The summed E-state index contributed by atoms with van der Waals surface area (Å²) in [4.78, 5) is 0. The smallest absolute Gasteiger partial charge is 0.0684 e. The van der Waals surface area contributed by atoms with Crippen molar-refractivity contribution in [3.8, 4) is 0 Å². The molecular formula is C10H12BrClO. The first-order chi connectivity index (χ1) is 6.27. The van der Waals surface area contributed by atoms with Gasteiger partial charge >= 0.3 is 0 Å². The van der Waals surface area contributed by atoms with Gasteiger partial charge in [0.1, 0.15) is 0 Å². The Morgan fingerprint density at radius 1 is 1.31 bits per heavy atom. The second-order valence-corrected chi connectivity index (χ2v) is 4.16. The first kappa shape index (κ1) is 11.0. The van der Waals surface area contributed by atoms with E-state index in [1.807, 2.05) is 18.2 Å². The maximum absolute atomic E-state index is 9.09. The van der Waals surface area contributed by atoms with Crippen molar-refractivity contribution in [3.63, 3.8) is 0 Å². The van der Waals surface area contributed by atoms with Gasteiger partial charge in [0.05, 0.1) is 6.61 Å². The van der Waals surface area contributed by atoms with Crippen LogP contribution in [0.3, 0.4) is 0 Å². The van der Waals surface area contributed by atoms with Crippen LogP contribution in [0.2, 0.25) is 0 Å². The molecule has 1 nitrogen and oxygen atoms in total. The normalized spacial score (nSPS) is 10.4. The first-order valence-electron chi connectivity index (χ1n) is 4.22. The highest BCUT2D eigenvalue weighted by Gasteiger charge is 2.01. The fourth-order valence-electron chi connectivity index (χ4n) is 1.24. The lowest BCUT2D eigenvalue weighted by Gasteiger charge is -2.06. The highest BCUT2D eigenvalue weighted by atomic mass is 79.9. The highest BCUT2D eigenvalue weighted by Crippen LogP contribution is 2.18. The van der Waals surface area contributed by atoms with Crippen LogP contribution < -0.4 is 0 Å². The summed E-state index contributed by atoms with van der Waals surface area (Å²) < 4.78 is 1.01. The van der Waals surface area contributed by atoms with E-state index in [0.29, 0.717) is 5.88 Å². The Kier molecular flexibility index (Phi) is 4.78. The van der Waals surface area contributed by atoms with Gasteiger partial charge in [-0.2, -0.15) is 0 Å². The Labute approximate surface area is 91.9 Å². The molecular weight excluding hydrogens is 251 g/mol. The van der Waals surface area contributed by atoms with Crippen molar-refractivity contribution in [3.05, 3.63) is 33.8 Å². The predicted molar refractivity (Wildman–Crippen MR) is 59.1 cm³/mol. The summed E-state index contributed by atoms with van der Waals surface area (Å²) in [7, 11) is 0. The maximum atomic E-state index is 9.09. The summed E-state index contributed by atoms with van der Waals surface area (Å²) in [5.74, 6) is 0.668. The third-order valence-corrected chi connectivity index (χ3v) is 2.68. The van der Waals surface area contributed by atoms with E-state index < -0.39 is 0 Å². The average molecular weight is 264 g/mol. The molecule has 0 heterocycles. The van der Waals surface area contributed by atoms with Gasteiger partial charge in [-0.25, -0.2) is 0 Å². The lowest BCUT2D eigenvalue weighted by molar-refractivity contribution is 0.280. The zero-order valence-electron chi connectivity index (χ0n) is 7.26. The predicted octanol–water partition coefficient (Wildman–Crippen LogP) is 3.11. The average Bonchev–Trinajstić information content (AvgIpc) is 2.16. The monoisotopic (exact) mass is 262 g/mol. The number of aryl methyl sites for hydroxylation is 1. The Hall–Kier alpha value is -0.0500. The van der Waals surface area contributed by atoms with Crippen molar-refractivity contribution in [2.24, 2.45) is 0 Å². The third-order valence-electron chi connectivity index (χ3n) is 1.92. The summed E-state index contributed by atoms with van der Waals surface area (Å²) in [5, 5.41) is 9.09. The molecule has 0 saturated carbocycles. The molecule has 0 radical (unpaired) electrons. The molecule has 0 aliphatic rings. The molecule has 72 valence electrons. The van der Waals surface area contributed by atoms with Crippen molar-refractivity contribution in [1.82, 2.24) is 0 Å². The van der Waals surface area contributed by atoms with Gasteiger partial charge in [-0.1, -0.05) is 22.0 Å². The first-order valence-corrected chi connectivity index (χ1v) is 5.55. The molecule has 3 heteroatoms. The van der Waals surface area contributed by atoms with Gasteiger partial charge in [0.25, 0.3) is 0 Å². The minimum atomic E-state index is 0.0943. The van der Waals surface area contributed by atoms with Crippen LogP contribution in [0.5, 0.6) is 0 Å². The van der Waals surface area contributed by atoms with Crippen LogP contribution in [0.15, 0.2) is 22.7 Å². The topological polar surface area (TPSA) is 20.2 Å². The quantitative estimate of drug-likeness (QED) is 0.828. The Morgan fingerprint density at radius 3 is 2.69 bits per heavy atom. The Morgan fingerprint density at radius 2 is 2.08 bits per heavy atom. The van der Waals surface area contributed by atoms with Crippen molar-refractivity contribution in [1.29, 1.82) is 0 Å². The van der Waals surface area contributed by atoms with Gasteiger partial charge in [0, 0.05) is 10.4 Å². The summed E-state index contributed by atoms with van der Waals surface area (Å²) in [6.07, 6.45) is 1.89. The molecule has 1 rings (SSSR count). The molecule has 0 atom stereocenters. The standard InChI is InChI=1S/C10H12BrClO/c11-10-4-3-8(2-1-5-12)9(6-10)7-13/h3-4,6,13H,1-2,5,7H2. The Bertz CT molecular complexity index is 276. The van der Waals surface area contributed by atoms with E-state index in [2.05, 4.69) is 15.9 Å². The molecule has 1 aromatic rings. The summed E-state index contributed by atoms with van der Waals surface area (Å²) in [6.45, 7) is 0.0943. The fourth-order valence-corrected chi connectivity index (χ4v) is 1.78.